The number of unbranched alkanes of at least 4 members (excludes halogenated alkanes) is 1. The Bertz CT molecular complexity index is 711. The van der Waals surface area contributed by atoms with E-state index in [0.717, 1.165) is 36.6 Å². The van der Waals surface area contributed by atoms with E-state index in [1.807, 2.05) is 55.5 Å². The first-order valence-corrected chi connectivity index (χ1v) is 9.23. The van der Waals surface area contributed by atoms with Gasteiger partial charge in [0.2, 0.25) is 0 Å². The number of guanidine groups is 1. The van der Waals surface area contributed by atoms with Crippen LogP contribution in [-0.2, 0) is 0 Å². The van der Waals surface area contributed by atoms with Crippen LogP contribution in [0.3, 0.4) is 0 Å². The predicted octanol–water partition coefficient (Wildman–Crippen LogP) is 4.56. The highest BCUT2D eigenvalue weighted by Gasteiger charge is 2.06. The summed E-state index contributed by atoms with van der Waals surface area (Å²) in [6.45, 7) is 4.06. The van der Waals surface area contributed by atoms with Crippen LogP contribution in [0.4, 0.5) is 5.69 Å². The fraction of sp³-hybridized carbons (Fsp3) is 0.381. The third-order valence-electron chi connectivity index (χ3n) is 3.83. The van der Waals surface area contributed by atoms with E-state index in [9.17, 15) is 0 Å². The van der Waals surface area contributed by atoms with E-state index < -0.39 is 0 Å². The van der Waals surface area contributed by atoms with Crippen molar-refractivity contribution in [2.45, 2.75) is 19.8 Å². The van der Waals surface area contributed by atoms with Crippen molar-refractivity contribution in [3.05, 3.63) is 48.5 Å². The van der Waals surface area contributed by atoms with E-state index in [4.69, 9.17) is 14.2 Å². The molecular formula is C21H30IN3O3. The molecule has 0 aliphatic heterocycles. The van der Waals surface area contributed by atoms with Crippen molar-refractivity contribution in [3.63, 3.8) is 0 Å². The van der Waals surface area contributed by atoms with Crippen LogP contribution in [0, 0.1) is 0 Å². The lowest BCUT2D eigenvalue weighted by molar-refractivity contribution is 0.307. The molecule has 0 aliphatic rings. The minimum absolute atomic E-state index is 0. The molecule has 0 saturated carbocycles. The van der Waals surface area contributed by atoms with Crippen molar-refractivity contribution in [3.8, 4) is 17.2 Å². The van der Waals surface area contributed by atoms with Crippen molar-refractivity contribution in [2.75, 3.05) is 39.2 Å². The Morgan fingerprint density at radius 3 is 2.46 bits per heavy atom. The first-order valence-electron chi connectivity index (χ1n) is 9.23. The summed E-state index contributed by atoms with van der Waals surface area (Å²) in [5, 5.41) is 6.57. The second-order valence-corrected chi connectivity index (χ2v) is 5.79. The molecule has 154 valence electrons. The quantitative estimate of drug-likeness (QED) is 0.217. The summed E-state index contributed by atoms with van der Waals surface area (Å²) in [7, 11) is 3.38. The molecule has 0 spiro atoms. The van der Waals surface area contributed by atoms with Gasteiger partial charge in [0.05, 0.1) is 20.3 Å². The van der Waals surface area contributed by atoms with E-state index in [-0.39, 0.29) is 24.0 Å². The van der Waals surface area contributed by atoms with Crippen molar-refractivity contribution >= 4 is 35.6 Å². The Hall–Kier alpha value is -2.16. The lowest BCUT2D eigenvalue weighted by Gasteiger charge is -2.14. The molecule has 0 saturated heterocycles. The summed E-state index contributed by atoms with van der Waals surface area (Å²) in [5.41, 5.74) is 0.885. The number of para-hydroxylation sites is 1. The monoisotopic (exact) mass is 499 g/mol. The van der Waals surface area contributed by atoms with Crippen LogP contribution in [0.1, 0.15) is 19.8 Å². The maximum atomic E-state index is 5.69. The summed E-state index contributed by atoms with van der Waals surface area (Å²) in [6, 6.07) is 15.6. The average Bonchev–Trinajstić information content (AvgIpc) is 2.71. The Labute approximate surface area is 184 Å². The first kappa shape index (κ1) is 23.9. The number of anilines is 1. The third-order valence-corrected chi connectivity index (χ3v) is 3.83. The highest BCUT2D eigenvalue weighted by Crippen LogP contribution is 2.30. The zero-order valence-corrected chi connectivity index (χ0v) is 19.1. The first-order chi connectivity index (χ1) is 13.3. The fourth-order valence-corrected chi connectivity index (χ4v) is 2.48. The summed E-state index contributed by atoms with van der Waals surface area (Å²) in [5.74, 6) is 3.04. The van der Waals surface area contributed by atoms with E-state index in [0.29, 0.717) is 24.9 Å². The SMILES string of the molecule is CCOc1ccc(NC(=NC)NCCCCOc2ccccc2)cc1OC.I. The van der Waals surface area contributed by atoms with Gasteiger partial charge in [-0.2, -0.15) is 0 Å². The molecule has 2 aromatic carbocycles. The number of ether oxygens (including phenoxy) is 3. The second-order valence-electron chi connectivity index (χ2n) is 5.79. The van der Waals surface area contributed by atoms with Crippen LogP contribution < -0.4 is 24.8 Å². The van der Waals surface area contributed by atoms with Gasteiger partial charge in [0.25, 0.3) is 0 Å². The number of hydrogen-bond acceptors (Lipinski definition) is 4. The topological polar surface area (TPSA) is 64.1 Å². The highest BCUT2D eigenvalue weighted by molar-refractivity contribution is 14.0. The Morgan fingerprint density at radius 2 is 1.79 bits per heavy atom. The minimum atomic E-state index is 0. The number of aliphatic imine (C=N–C) groups is 1. The summed E-state index contributed by atoms with van der Waals surface area (Å²) >= 11 is 0. The molecule has 0 aliphatic carbocycles. The number of methoxy groups -OCH3 is 1. The molecule has 0 atom stereocenters. The van der Waals surface area contributed by atoms with Crippen molar-refractivity contribution in [1.29, 1.82) is 0 Å². The molecule has 0 bridgehead atoms. The Balaban J connectivity index is 0.00000392. The largest absolute Gasteiger partial charge is 0.494 e. The zero-order valence-electron chi connectivity index (χ0n) is 16.7. The predicted molar refractivity (Wildman–Crippen MR) is 126 cm³/mol. The second kappa shape index (κ2) is 13.9. The molecule has 0 radical (unpaired) electrons. The number of nitrogens with one attached hydrogen (secondary N) is 2. The third kappa shape index (κ3) is 8.24. The van der Waals surface area contributed by atoms with Crippen molar-refractivity contribution in [2.24, 2.45) is 4.99 Å². The molecule has 0 fully saturated rings. The molecule has 2 aromatic rings. The van der Waals surface area contributed by atoms with Crippen molar-refractivity contribution in [1.82, 2.24) is 5.32 Å². The molecule has 2 N–H and O–H groups in total. The van der Waals surface area contributed by atoms with Gasteiger partial charge in [0.15, 0.2) is 17.5 Å². The van der Waals surface area contributed by atoms with Gasteiger partial charge < -0.3 is 24.8 Å². The highest BCUT2D eigenvalue weighted by atomic mass is 127. The van der Waals surface area contributed by atoms with Gasteiger partial charge in [-0.25, -0.2) is 0 Å². The number of rotatable bonds is 10. The lowest BCUT2D eigenvalue weighted by atomic mass is 10.2. The van der Waals surface area contributed by atoms with E-state index in [2.05, 4.69) is 15.6 Å². The standard InChI is InChI=1S/C21H29N3O3.HI/c1-4-26-19-13-12-17(16-20(19)25-3)24-21(22-2)23-14-8-9-15-27-18-10-6-5-7-11-18;/h5-7,10-13,16H,4,8-9,14-15H2,1-3H3,(H2,22,23,24);1H. The van der Waals surface area contributed by atoms with E-state index in [1.165, 1.54) is 0 Å². The van der Waals surface area contributed by atoms with Gasteiger partial charge in [0, 0.05) is 25.3 Å². The average molecular weight is 499 g/mol. The van der Waals surface area contributed by atoms with Gasteiger partial charge in [-0.05, 0) is 44.0 Å². The Morgan fingerprint density at radius 1 is 1.00 bits per heavy atom. The van der Waals surface area contributed by atoms with Gasteiger partial charge in [0.1, 0.15) is 5.75 Å². The summed E-state index contributed by atoms with van der Waals surface area (Å²) in [6.07, 6.45) is 1.95. The maximum absolute atomic E-state index is 5.69. The summed E-state index contributed by atoms with van der Waals surface area (Å²) < 4.78 is 16.6. The molecule has 0 unspecified atom stereocenters. The number of hydrogen-bond donors (Lipinski definition) is 2. The maximum Gasteiger partial charge on any atom is 0.195 e. The molecule has 6 nitrogen and oxygen atoms in total. The van der Waals surface area contributed by atoms with Crippen molar-refractivity contribution < 1.29 is 14.2 Å². The Kier molecular flexibility index (Phi) is 11.9. The van der Waals surface area contributed by atoms with Crippen LogP contribution in [0.2, 0.25) is 0 Å². The van der Waals surface area contributed by atoms with Crippen LogP contribution >= 0.6 is 24.0 Å². The zero-order chi connectivity index (χ0) is 19.3. The number of halogens is 1. The minimum Gasteiger partial charge on any atom is -0.494 e. The van der Waals surface area contributed by atoms with Gasteiger partial charge in [-0.15, -0.1) is 24.0 Å². The molecule has 0 aromatic heterocycles. The fourth-order valence-electron chi connectivity index (χ4n) is 2.48. The molecule has 7 heteroatoms. The van der Waals surface area contributed by atoms with E-state index >= 15 is 0 Å². The molecule has 0 amide bonds. The van der Waals surface area contributed by atoms with Crippen LogP contribution in [0.15, 0.2) is 53.5 Å². The van der Waals surface area contributed by atoms with E-state index in [1.54, 1.807) is 14.2 Å². The smallest absolute Gasteiger partial charge is 0.195 e. The van der Waals surface area contributed by atoms with Gasteiger partial charge in [-0.3, -0.25) is 4.99 Å². The molecule has 2 rings (SSSR count). The van der Waals surface area contributed by atoms with Crippen LogP contribution in [0.5, 0.6) is 17.2 Å². The number of nitrogens with zero attached hydrogens (tertiary/aromatic N) is 1. The number of benzene rings is 2. The van der Waals surface area contributed by atoms with Gasteiger partial charge >= 0.3 is 0 Å². The van der Waals surface area contributed by atoms with Crippen LogP contribution in [-0.4, -0.2) is 39.9 Å². The molecule has 0 heterocycles. The lowest BCUT2D eigenvalue weighted by Crippen LogP contribution is -2.31. The molecule has 28 heavy (non-hydrogen) atoms. The normalized spacial score (nSPS) is 10.6. The van der Waals surface area contributed by atoms with Crippen LogP contribution in [0.25, 0.3) is 0 Å². The summed E-state index contributed by atoms with van der Waals surface area (Å²) in [4.78, 5) is 4.25. The van der Waals surface area contributed by atoms with Gasteiger partial charge in [-0.1, -0.05) is 18.2 Å². The molecular weight excluding hydrogens is 469 g/mol.